The van der Waals surface area contributed by atoms with Crippen molar-refractivity contribution in [2.75, 3.05) is 47.6 Å². The van der Waals surface area contributed by atoms with Crippen LogP contribution < -0.4 is 37.9 Å². The summed E-state index contributed by atoms with van der Waals surface area (Å²) >= 11 is 0. The van der Waals surface area contributed by atoms with E-state index in [1.54, 1.807) is 54.9 Å². The lowest BCUT2D eigenvalue weighted by atomic mass is 9.98. The lowest BCUT2D eigenvalue weighted by molar-refractivity contribution is 0.0596. The Morgan fingerprint density at radius 1 is 0.484 bits per heavy atom. The van der Waals surface area contributed by atoms with Gasteiger partial charge in [-0.25, -0.2) is 9.59 Å². The van der Waals surface area contributed by atoms with E-state index in [0.717, 1.165) is 111 Å². The third-order valence-corrected chi connectivity index (χ3v) is 14.8. The normalized spacial score (nSPS) is 10.8. The molecule has 1 aromatic heterocycles. The van der Waals surface area contributed by atoms with Crippen LogP contribution in [0.5, 0.6) is 57.5 Å². The Hall–Kier alpha value is -10.5. The standard InChI is InChI=1S/C40H45NO7.C37H38N2O6/c1-6-15-32-36(20-13-21-37(32)48-38-19-12-11-18-33(38)40(43)44-5)45-24-14-25-46-39-27-30(28-47-31-16-9-8-10-17-31)34(26-29(39)7-2)35(42)22-23-41(3)4;1-3-12-29-33(17-10-18-34(29)45-35-16-9-8-15-30(35)37(40)41)42-21-11-22-43-36-24-27(25-44-28-13-6-5-7-14-28)31(23-26(36)4-2)32-19-20-38-39-32/h8-13,16-23,26-27H,6-7,14-15,24-25,28H2,1-5H3;5-10,13-20,23-24H,3-4,11-12,21-22,25H2,1-2H3,(H,38,39)(H,40,41)/b23-22+;. The van der Waals surface area contributed by atoms with Crippen LogP contribution in [-0.4, -0.2) is 85.6 Å². The van der Waals surface area contributed by atoms with Crippen molar-refractivity contribution in [3.8, 4) is 68.8 Å². The zero-order valence-electron chi connectivity index (χ0n) is 54.1. The van der Waals surface area contributed by atoms with Crippen LogP contribution in [-0.2, 0) is 43.6 Å². The third kappa shape index (κ3) is 19.8. The summed E-state index contributed by atoms with van der Waals surface area (Å²) < 4.78 is 54.4. The van der Waals surface area contributed by atoms with Gasteiger partial charge in [0.2, 0.25) is 0 Å². The monoisotopic (exact) mass is 1260 g/mol. The van der Waals surface area contributed by atoms with E-state index in [9.17, 15) is 19.5 Å². The minimum atomic E-state index is -1.03. The molecule has 9 aromatic rings. The molecule has 8 aromatic carbocycles. The number of carbonyl (C=O) groups is 3. The molecule has 1 heterocycles. The zero-order chi connectivity index (χ0) is 65.7. The summed E-state index contributed by atoms with van der Waals surface area (Å²) in [7, 11) is 5.11. The van der Waals surface area contributed by atoms with Gasteiger partial charge in [-0.15, -0.1) is 0 Å². The van der Waals surface area contributed by atoms with Gasteiger partial charge in [0.25, 0.3) is 0 Å². The Labute approximate surface area is 545 Å². The van der Waals surface area contributed by atoms with Crippen LogP contribution in [0.1, 0.15) is 118 Å². The van der Waals surface area contributed by atoms with Gasteiger partial charge < -0.3 is 52.6 Å². The molecule has 0 saturated carbocycles. The number of carbonyl (C=O) groups excluding carboxylic acids is 2. The van der Waals surface area contributed by atoms with Gasteiger partial charge in [0, 0.05) is 78.8 Å². The number of nitrogens with one attached hydrogen (secondary N) is 1. The summed E-state index contributed by atoms with van der Waals surface area (Å²) in [5.74, 6) is 4.90. The maximum atomic E-state index is 13.2. The second-order valence-corrected chi connectivity index (χ2v) is 21.8. The summed E-state index contributed by atoms with van der Waals surface area (Å²) in [6, 6.07) is 54.3. The first-order valence-corrected chi connectivity index (χ1v) is 31.6. The number of esters is 1. The van der Waals surface area contributed by atoms with Crippen molar-refractivity contribution in [3.63, 3.8) is 0 Å². The number of aromatic carboxylic acids is 1. The number of hydrogen-bond donors (Lipinski definition) is 2. The molecule has 0 bridgehead atoms. The SMILES string of the molecule is CCCc1c(OCCCOc2cc(COc3ccccc3)c(-c3ccn[nH]3)cc2CC)cccc1Oc1ccccc1C(=O)O.CCCc1c(OCCCOc2cc(COc3ccccc3)c(C(=O)/C=C/N(C)C)cc2CC)cccc1Oc1ccccc1C(=O)OC. The van der Waals surface area contributed by atoms with Crippen molar-refractivity contribution in [1.82, 2.24) is 15.1 Å². The number of carboxylic acid groups (broad SMARTS) is 1. The van der Waals surface area contributed by atoms with E-state index in [-0.39, 0.29) is 18.0 Å². The van der Waals surface area contributed by atoms with Crippen molar-refractivity contribution in [2.45, 2.75) is 92.3 Å². The largest absolute Gasteiger partial charge is 0.493 e. The van der Waals surface area contributed by atoms with Gasteiger partial charge in [0.15, 0.2) is 5.78 Å². The first-order valence-electron chi connectivity index (χ1n) is 31.6. The number of aromatic nitrogens is 2. The summed E-state index contributed by atoms with van der Waals surface area (Å²) in [4.78, 5) is 39.0. The molecule has 9 rings (SSSR count). The number of hydrogen-bond acceptors (Lipinski definition) is 14. The van der Waals surface area contributed by atoms with Crippen LogP contribution in [0.25, 0.3) is 11.3 Å². The van der Waals surface area contributed by atoms with Crippen molar-refractivity contribution in [1.29, 1.82) is 0 Å². The quantitative estimate of drug-likeness (QED) is 0.0168. The molecular formula is C77H83N3O13. The minimum absolute atomic E-state index is 0.0899. The number of nitrogens with zero attached hydrogens (tertiary/aromatic N) is 2. The highest BCUT2D eigenvalue weighted by molar-refractivity contribution is 6.06. The zero-order valence-corrected chi connectivity index (χ0v) is 54.1. The molecule has 0 saturated heterocycles. The number of aryl methyl sites for hydroxylation is 2. The van der Waals surface area contributed by atoms with Crippen LogP contribution in [0, 0.1) is 0 Å². The number of benzene rings is 8. The third-order valence-electron chi connectivity index (χ3n) is 14.8. The fourth-order valence-electron chi connectivity index (χ4n) is 10.1. The molecule has 0 atom stereocenters. The number of carboxylic acids is 1. The summed E-state index contributed by atoms with van der Waals surface area (Å²) in [6.45, 7) is 10.7. The molecule has 0 aliphatic heterocycles. The molecule has 2 N–H and O–H groups in total. The number of methoxy groups -OCH3 is 1. The highest BCUT2D eigenvalue weighted by atomic mass is 16.5. The predicted octanol–water partition coefficient (Wildman–Crippen LogP) is 17.0. The smallest absolute Gasteiger partial charge is 0.341 e. The summed E-state index contributed by atoms with van der Waals surface area (Å²) in [5.41, 5.74) is 8.66. The van der Waals surface area contributed by atoms with Gasteiger partial charge in [-0.2, -0.15) is 5.10 Å². The van der Waals surface area contributed by atoms with Gasteiger partial charge in [-0.05, 0) is 140 Å². The van der Waals surface area contributed by atoms with Crippen LogP contribution in [0.15, 0.2) is 194 Å². The average Bonchev–Trinajstić information content (AvgIpc) is 2.03. The first kappa shape index (κ1) is 68.4. The molecule has 16 heteroatoms. The fraction of sp³-hybridized carbons (Fsp3) is 0.273. The van der Waals surface area contributed by atoms with E-state index in [0.29, 0.717) is 86.4 Å². The van der Waals surface area contributed by atoms with Crippen LogP contribution in [0.4, 0.5) is 0 Å². The van der Waals surface area contributed by atoms with Crippen LogP contribution >= 0.6 is 0 Å². The number of para-hydroxylation sites is 4. The maximum absolute atomic E-state index is 13.2. The molecule has 93 heavy (non-hydrogen) atoms. The Balaban J connectivity index is 0.000000239. The molecule has 0 amide bonds. The molecular weight excluding hydrogens is 1170 g/mol. The number of aromatic amines is 1. The highest BCUT2D eigenvalue weighted by Crippen LogP contribution is 2.38. The van der Waals surface area contributed by atoms with E-state index < -0.39 is 11.9 Å². The molecule has 0 aliphatic carbocycles. The van der Waals surface area contributed by atoms with Crippen molar-refractivity contribution in [3.05, 3.63) is 244 Å². The van der Waals surface area contributed by atoms with Crippen molar-refractivity contribution >= 4 is 17.7 Å². The molecule has 484 valence electrons. The second kappa shape index (κ2) is 35.8. The second-order valence-electron chi connectivity index (χ2n) is 21.8. The van der Waals surface area contributed by atoms with Gasteiger partial charge >= 0.3 is 11.9 Å². The molecule has 0 aliphatic rings. The van der Waals surface area contributed by atoms with E-state index in [1.807, 2.05) is 147 Å². The number of allylic oxidation sites excluding steroid dienone is 1. The van der Waals surface area contributed by atoms with Gasteiger partial charge in [0.05, 0.1) is 39.2 Å². The van der Waals surface area contributed by atoms with Gasteiger partial charge in [-0.1, -0.05) is 113 Å². The van der Waals surface area contributed by atoms with Crippen molar-refractivity contribution in [2.24, 2.45) is 0 Å². The molecule has 16 nitrogen and oxygen atoms in total. The minimum Gasteiger partial charge on any atom is -0.493 e. The number of H-pyrrole nitrogens is 1. The van der Waals surface area contributed by atoms with E-state index >= 15 is 0 Å². The Morgan fingerprint density at radius 3 is 1.44 bits per heavy atom. The Morgan fingerprint density at radius 2 is 0.946 bits per heavy atom. The average molecular weight is 1260 g/mol. The predicted molar refractivity (Wildman–Crippen MR) is 361 cm³/mol. The Bertz CT molecular complexity index is 3870. The summed E-state index contributed by atoms with van der Waals surface area (Å²) in [5, 5.41) is 16.8. The van der Waals surface area contributed by atoms with E-state index in [4.69, 9.17) is 42.6 Å². The molecule has 0 fully saturated rings. The van der Waals surface area contributed by atoms with E-state index in [2.05, 4.69) is 43.1 Å². The summed E-state index contributed by atoms with van der Waals surface area (Å²) in [6.07, 6.45) is 11.1. The molecule has 0 radical (unpaired) electrons. The number of ketones is 1. The van der Waals surface area contributed by atoms with Gasteiger partial charge in [-0.3, -0.25) is 9.89 Å². The van der Waals surface area contributed by atoms with Crippen molar-refractivity contribution < 1.29 is 62.1 Å². The molecule has 0 unspecified atom stereocenters. The number of ether oxygens (including phenoxy) is 9. The molecule has 0 spiro atoms. The highest BCUT2D eigenvalue weighted by Gasteiger charge is 2.21. The fourth-order valence-corrected chi connectivity index (χ4v) is 10.1. The van der Waals surface area contributed by atoms with E-state index in [1.165, 1.54) is 13.2 Å². The van der Waals surface area contributed by atoms with Crippen LogP contribution in [0.2, 0.25) is 0 Å². The maximum Gasteiger partial charge on any atom is 0.341 e. The first-order chi connectivity index (χ1) is 45.4. The Kier molecular flexibility index (Phi) is 26.3. The topological polar surface area (TPSA) is 186 Å². The van der Waals surface area contributed by atoms with Gasteiger partial charge in [0.1, 0.15) is 81.8 Å². The lowest BCUT2D eigenvalue weighted by Crippen LogP contribution is -2.11. The lowest BCUT2D eigenvalue weighted by Gasteiger charge is -2.18. The number of rotatable bonds is 34. The van der Waals surface area contributed by atoms with Crippen LogP contribution in [0.3, 0.4) is 0 Å².